The van der Waals surface area contributed by atoms with Gasteiger partial charge in [-0.2, -0.15) is 0 Å². The molecule has 0 aromatic rings. The summed E-state index contributed by atoms with van der Waals surface area (Å²) in [6, 6.07) is 0. The minimum absolute atomic E-state index is 0. The third kappa shape index (κ3) is 11.2. The molecule has 70 valence electrons. The molecule has 0 spiro atoms. The first kappa shape index (κ1) is 15.7. The second-order valence-electron chi connectivity index (χ2n) is 4.07. The van der Waals surface area contributed by atoms with Crippen LogP contribution in [0.15, 0.2) is 0 Å². The molecule has 12 heavy (non-hydrogen) atoms. The van der Waals surface area contributed by atoms with Gasteiger partial charge >= 0.3 is 84.5 Å². The molecule has 0 saturated heterocycles. The topological polar surface area (TPSA) is 0 Å². The Balaban J connectivity index is 0. The largest absolute Gasteiger partial charge is 1.00 e. The van der Waals surface area contributed by atoms with Crippen LogP contribution in [0.5, 0.6) is 0 Å². The van der Waals surface area contributed by atoms with Gasteiger partial charge in [0.1, 0.15) is 0 Å². The summed E-state index contributed by atoms with van der Waals surface area (Å²) in [5.41, 5.74) is 0. The Hall–Kier alpha value is 1.25. The van der Waals surface area contributed by atoms with Crippen molar-refractivity contribution in [1.29, 1.82) is 0 Å². The van der Waals surface area contributed by atoms with Crippen molar-refractivity contribution in [3.8, 4) is 0 Å². The van der Waals surface area contributed by atoms with Gasteiger partial charge in [-0.25, -0.2) is 0 Å². The zero-order valence-electron chi connectivity index (χ0n) is 8.78. The molecule has 0 amide bonds. The van der Waals surface area contributed by atoms with E-state index in [1.54, 1.807) is 0 Å². The van der Waals surface area contributed by atoms with E-state index in [9.17, 15) is 0 Å². The van der Waals surface area contributed by atoms with E-state index in [0.29, 0.717) is 0 Å². The fourth-order valence-electron chi connectivity index (χ4n) is 1.37. The molecule has 0 aromatic carbocycles. The van der Waals surface area contributed by atoms with E-state index in [1.807, 2.05) is 0 Å². The van der Waals surface area contributed by atoms with Crippen molar-refractivity contribution >= 4 is 21.7 Å². The van der Waals surface area contributed by atoms with Gasteiger partial charge < -0.3 is 17.0 Å². The Morgan fingerprint density at radius 1 is 1.00 bits per heavy atom. The van der Waals surface area contributed by atoms with E-state index in [1.165, 1.54) is 30.2 Å². The minimum atomic E-state index is 0. The Morgan fingerprint density at radius 3 is 2.00 bits per heavy atom. The maximum absolute atomic E-state index is 2.38. The molecule has 0 bridgehead atoms. The summed E-state index contributed by atoms with van der Waals surface area (Å²) in [4.78, 5) is 0. The van der Waals surface area contributed by atoms with Gasteiger partial charge in [0.15, 0.2) is 0 Å². The summed E-state index contributed by atoms with van der Waals surface area (Å²) in [5.74, 6) is 1.86. The normalized spacial score (nSPS) is 12.8. The smallest absolute Gasteiger partial charge is 1.00 e. The van der Waals surface area contributed by atoms with Gasteiger partial charge in [0.25, 0.3) is 0 Å². The van der Waals surface area contributed by atoms with Gasteiger partial charge in [0, 0.05) is 0 Å². The van der Waals surface area contributed by atoms with Gasteiger partial charge in [0.05, 0.1) is 0 Å². The molecule has 2 heteroatoms. The van der Waals surface area contributed by atoms with Crippen LogP contribution in [-0.2, 0) is 0 Å². The predicted molar refractivity (Wildman–Crippen MR) is 53.0 cm³/mol. The van der Waals surface area contributed by atoms with Crippen molar-refractivity contribution in [2.24, 2.45) is 11.8 Å². The van der Waals surface area contributed by atoms with E-state index in [4.69, 9.17) is 0 Å². The molecule has 0 aliphatic rings. The van der Waals surface area contributed by atoms with Crippen molar-refractivity contribution in [1.82, 2.24) is 0 Å². The first-order chi connectivity index (χ1) is 5.16. The Bertz CT molecular complexity index is 83.9. The molecular weight excluding hydrogens is 224 g/mol. The molecule has 1 unspecified atom stereocenters. The summed E-state index contributed by atoms with van der Waals surface area (Å²) < 4.78 is 1.38. The second kappa shape index (κ2) is 10.3. The quantitative estimate of drug-likeness (QED) is 0.596. The molecule has 0 aliphatic carbocycles. The number of hydrogen-bond acceptors (Lipinski definition) is 0. The molecule has 0 rings (SSSR count). The number of halogens is 1. The minimum Gasteiger partial charge on any atom is -1.00 e. The van der Waals surface area contributed by atoms with E-state index in [-0.39, 0.29) is 17.0 Å². The molecule has 0 aromatic heterocycles. The Labute approximate surface area is 101 Å². The third-order valence-corrected chi connectivity index (χ3v) is 2.58. The summed E-state index contributed by atoms with van der Waals surface area (Å²) in [6.45, 7) is 7.01. The van der Waals surface area contributed by atoms with Crippen molar-refractivity contribution in [2.75, 3.05) is 0 Å². The van der Waals surface area contributed by atoms with Gasteiger partial charge in [-0.1, -0.05) is 0 Å². The monoisotopic (exact) mass is 244 g/mol. The van der Waals surface area contributed by atoms with Crippen LogP contribution in [0.25, 0.3) is 0 Å². The van der Waals surface area contributed by atoms with Crippen LogP contribution in [0.2, 0.25) is 4.55 Å². The Morgan fingerprint density at radius 2 is 1.58 bits per heavy atom. The summed E-state index contributed by atoms with van der Waals surface area (Å²) >= 11 is 2.10. The molecule has 0 heterocycles. The van der Waals surface area contributed by atoms with Gasteiger partial charge in [0.2, 0.25) is 0 Å². The molecule has 0 N–H and O–H groups in total. The molecule has 1 atom stereocenters. The number of rotatable bonds is 6. The first-order valence-electron chi connectivity index (χ1n) is 4.96. The van der Waals surface area contributed by atoms with Crippen LogP contribution in [-0.4, -0.2) is 21.7 Å². The van der Waals surface area contributed by atoms with E-state index < -0.39 is 0 Å². The van der Waals surface area contributed by atoms with Crippen LogP contribution in [0, 0.1) is 11.8 Å². The summed E-state index contributed by atoms with van der Waals surface area (Å²) in [5, 5.41) is 0. The summed E-state index contributed by atoms with van der Waals surface area (Å²) in [7, 11) is 0. The average molecular weight is 245 g/mol. The van der Waals surface area contributed by atoms with Gasteiger partial charge in [-0.3, -0.25) is 0 Å². The predicted octanol–water partition coefficient (Wildman–Crippen LogP) is 0.430. The molecule has 0 fully saturated rings. The maximum atomic E-state index is 2.38. The molecular formula is C10H21BrMg. The van der Waals surface area contributed by atoms with E-state index in [2.05, 4.69) is 42.5 Å². The first-order valence-corrected chi connectivity index (χ1v) is 5.96. The molecule has 0 saturated carbocycles. The molecule has 0 nitrogen and oxygen atoms in total. The molecule has 0 aliphatic heterocycles. The van der Waals surface area contributed by atoms with Crippen molar-refractivity contribution in [3.63, 3.8) is 0 Å². The van der Waals surface area contributed by atoms with Crippen LogP contribution >= 0.6 is 0 Å². The zero-order chi connectivity index (χ0) is 8.69. The van der Waals surface area contributed by atoms with Gasteiger partial charge in [-0.15, -0.1) is 0 Å². The fourth-order valence-corrected chi connectivity index (χ4v) is 2.06. The third-order valence-electron chi connectivity index (χ3n) is 2.18. The van der Waals surface area contributed by atoms with Crippen molar-refractivity contribution in [3.05, 3.63) is 0 Å². The number of hydrogen-bond donors (Lipinski definition) is 0. The second-order valence-corrected chi connectivity index (χ2v) is 4.78. The van der Waals surface area contributed by atoms with Crippen molar-refractivity contribution < 1.29 is 17.0 Å². The van der Waals surface area contributed by atoms with Crippen LogP contribution < -0.4 is 17.0 Å². The summed E-state index contributed by atoms with van der Waals surface area (Å²) in [6.07, 6.45) is 5.71. The van der Waals surface area contributed by atoms with Crippen LogP contribution in [0.1, 0.15) is 46.5 Å². The van der Waals surface area contributed by atoms with Crippen LogP contribution in [0.3, 0.4) is 0 Å². The van der Waals surface area contributed by atoms with E-state index >= 15 is 0 Å². The standard InChI is InChI=1S/C10H21.BrH.Mg/c1-5-10(4)8-6-7-9(2)3;;/h9-10H,1,5-8H2,2-4H3;1H;/q;;+1/p-1. The Kier molecular flexibility index (Phi) is 13.5. The fraction of sp³-hybridized carbons (Fsp3) is 1.00. The average Bonchev–Trinajstić information content (AvgIpc) is 1.87. The van der Waals surface area contributed by atoms with Gasteiger partial charge in [-0.05, 0) is 0 Å². The zero-order valence-corrected chi connectivity index (χ0v) is 11.8. The SMILES string of the molecule is CC(C)CCCC(C)C[CH2][Mg+].[Br-]. The van der Waals surface area contributed by atoms with E-state index in [0.717, 1.165) is 11.8 Å². The van der Waals surface area contributed by atoms with Crippen LogP contribution in [0.4, 0.5) is 0 Å². The molecule has 0 radical (unpaired) electrons. The van der Waals surface area contributed by atoms with Crippen molar-refractivity contribution in [2.45, 2.75) is 51.0 Å². The maximum Gasteiger partial charge on any atom is -1.00 e.